The highest BCUT2D eigenvalue weighted by Gasteiger charge is 2.41. The van der Waals surface area contributed by atoms with Gasteiger partial charge in [-0.05, 0) is 0 Å². The van der Waals surface area contributed by atoms with Gasteiger partial charge in [0.25, 0.3) is 0 Å². The lowest BCUT2D eigenvalue weighted by Gasteiger charge is -2.16. The molecule has 1 aliphatic carbocycles. The first kappa shape index (κ1) is 10.1. The molecule has 0 saturated heterocycles. The van der Waals surface area contributed by atoms with Crippen molar-refractivity contribution >= 4 is 11.8 Å². The summed E-state index contributed by atoms with van der Waals surface area (Å²) in [6, 6.07) is 0. The van der Waals surface area contributed by atoms with Crippen LogP contribution in [0.15, 0.2) is 0 Å². The van der Waals surface area contributed by atoms with Gasteiger partial charge in [0.05, 0.1) is 19.1 Å². The number of ketones is 1. The molecule has 3 N–H and O–H groups in total. The number of carbonyl (C=O) groups is 2. The normalized spacial score (nSPS) is 33.7. The molecule has 0 aromatic rings. The number of hydrogen-bond acceptors (Lipinski definition) is 4. The minimum absolute atomic E-state index is 0.0385. The van der Waals surface area contributed by atoms with Crippen LogP contribution in [0.1, 0.15) is 12.8 Å². The molecule has 0 aliphatic heterocycles. The molecule has 1 rings (SSSR count). The molecule has 5 nitrogen and oxygen atoms in total. The quantitative estimate of drug-likeness (QED) is 0.529. The highest BCUT2D eigenvalue weighted by Crippen LogP contribution is 2.31. The van der Waals surface area contributed by atoms with Crippen molar-refractivity contribution in [3.05, 3.63) is 0 Å². The Hall–Kier alpha value is -0.940. The maximum atomic E-state index is 11.1. The molecule has 1 fully saturated rings. The van der Waals surface area contributed by atoms with Gasteiger partial charge in [0.2, 0.25) is 0 Å². The van der Waals surface area contributed by atoms with Gasteiger partial charge in [-0.3, -0.25) is 9.59 Å². The molecular weight excluding hydrogens is 176 g/mol. The van der Waals surface area contributed by atoms with Gasteiger partial charge in [-0.25, -0.2) is 0 Å². The zero-order valence-corrected chi connectivity index (χ0v) is 7.01. The number of carbonyl (C=O) groups excluding carboxylic acids is 1. The number of Topliss-reactive ketones (excluding diaryl/α,β-unsaturated/α-hetero) is 1. The van der Waals surface area contributed by atoms with E-state index in [1.165, 1.54) is 0 Å². The van der Waals surface area contributed by atoms with E-state index in [1.54, 1.807) is 0 Å². The van der Waals surface area contributed by atoms with Crippen molar-refractivity contribution in [2.75, 3.05) is 6.61 Å². The predicted octanol–water partition coefficient (Wildman–Crippen LogP) is -0.980. The summed E-state index contributed by atoms with van der Waals surface area (Å²) in [6.45, 7) is -0.381. The Balaban J connectivity index is 2.68. The van der Waals surface area contributed by atoms with Crippen molar-refractivity contribution in [3.63, 3.8) is 0 Å². The van der Waals surface area contributed by atoms with Crippen LogP contribution >= 0.6 is 0 Å². The number of carboxylic acids is 1. The predicted molar refractivity (Wildman–Crippen MR) is 41.9 cm³/mol. The van der Waals surface area contributed by atoms with Crippen LogP contribution in [0.2, 0.25) is 0 Å². The van der Waals surface area contributed by atoms with Gasteiger partial charge in [-0.2, -0.15) is 0 Å². The highest BCUT2D eigenvalue weighted by atomic mass is 16.4. The molecule has 0 heterocycles. The number of aliphatic carboxylic acids is 1. The molecule has 0 aromatic heterocycles. The SMILES string of the molecule is O=C(O)C[C@H]1[C@@H](O)CC(=O)[C@@H]1CO. The Morgan fingerprint density at radius 1 is 1.54 bits per heavy atom. The summed E-state index contributed by atoms with van der Waals surface area (Å²) in [5.41, 5.74) is 0. The van der Waals surface area contributed by atoms with E-state index in [0.29, 0.717) is 0 Å². The van der Waals surface area contributed by atoms with Gasteiger partial charge < -0.3 is 15.3 Å². The molecule has 5 heteroatoms. The van der Waals surface area contributed by atoms with Gasteiger partial charge in [0.15, 0.2) is 0 Å². The summed E-state index contributed by atoms with van der Waals surface area (Å²) < 4.78 is 0. The van der Waals surface area contributed by atoms with Crippen LogP contribution < -0.4 is 0 Å². The van der Waals surface area contributed by atoms with Crippen LogP contribution in [0.25, 0.3) is 0 Å². The van der Waals surface area contributed by atoms with Gasteiger partial charge in [-0.15, -0.1) is 0 Å². The number of aliphatic hydroxyl groups is 2. The smallest absolute Gasteiger partial charge is 0.303 e. The van der Waals surface area contributed by atoms with E-state index in [1.807, 2.05) is 0 Å². The van der Waals surface area contributed by atoms with E-state index in [2.05, 4.69) is 0 Å². The third-order valence-corrected chi connectivity index (χ3v) is 2.44. The Morgan fingerprint density at radius 2 is 2.15 bits per heavy atom. The highest BCUT2D eigenvalue weighted by molar-refractivity contribution is 5.85. The lowest BCUT2D eigenvalue weighted by atomic mass is 9.92. The first-order valence-corrected chi connectivity index (χ1v) is 4.09. The van der Waals surface area contributed by atoms with Crippen molar-refractivity contribution < 1.29 is 24.9 Å². The van der Waals surface area contributed by atoms with Gasteiger partial charge >= 0.3 is 5.97 Å². The molecule has 0 aromatic carbocycles. The second-order valence-electron chi connectivity index (χ2n) is 3.29. The van der Waals surface area contributed by atoms with Crippen LogP contribution in [-0.2, 0) is 9.59 Å². The van der Waals surface area contributed by atoms with E-state index in [-0.39, 0.29) is 25.2 Å². The molecule has 0 amide bonds. The summed E-state index contributed by atoms with van der Waals surface area (Å²) >= 11 is 0. The number of carboxylic acid groups (broad SMARTS) is 1. The topological polar surface area (TPSA) is 94.8 Å². The second kappa shape index (κ2) is 3.85. The van der Waals surface area contributed by atoms with Crippen LogP contribution in [0.4, 0.5) is 0 Å². The molecule has 0 unspecified atom stereocenters. The molecule has 1 saturated carbocycles. The summed E-state index contributed by atoms with van der Waals surface area (Å²) in [5, 5.41) is 26.6. The van der Waals surface area contributed by atoms with E-state index < -0.39 is 23.9 Å². The van der Waals surface area contributed by atoms with Gasteiger partial charge in [0, 0.05) is 18.3 Å². The van der Waals surface area contributed by atoms with Crippen LogP contribution in [0.3, 0.4) is 0 Å². The molecule has 0 bridgehead atoms. The third-order valence-electron chi connectivity index (χ3n) is 2.44. The molecule has 0 radical (unpaired) electrons. The number of hydrogen-bond donors (Lipinski definition) is 3. The zero-order valence-electron chi connectivity index (χ0n) is 7.01. The standard InChI is InChI=1S/C8H12O5/c9-3-5-4(1-8(12)13)6(10)2-7(5)11/h4-6,9-10H,1-3H2,(H,12,13)/t4-,5-,6+/m1/s1. The summed E-state index contributed by atoms with van der Waals surface area (Å²) in [5.74, 6) is -2.64. The summed E-state index contributed by atoms with van der Waals surface area (Å²) in [7, 11) is 0. The minimum atomic E-state index is -1.06. The second-order valence-corrected chi connectivity index (χ2v) is 3.29. The molecule has 1 aliphatic rings. The van der Waals surface area contributed by atoms with Crippen molar-refractivity contribution in [3.8, 4) is 0 Å². The van der Waals surface area contributed by atoms with Gasteiger partial charge in [0.1, 0.15) is 5.78 Å². The summed E-state index contributed by atoms with van der Waals surface area (Å²) in [6.07, 6.45) is -1.22. The van der Waals surface area contributed by atoms with Gasteiger partial charge in [-0.1, -0.05) is 0 Å². The Labute approximate surface area is 75.0 Å². The largest absolute Gasteiger partial charge is 0.481 e. The average molecular weight is 188 g/mol. The first-order chi connectivity index (χ1) is 6.06. The van der Waals surface area contributed by atoms with Crippen molar-refractivity contribution in [2.45, 2.75) is 18.9 Å². The fourth-order valence-corrected chi connectivity index (χ4v) is 1.73. The third kappa shape index (κ3) is 2.05. The average Bonchev–Trinajstić information content (AvgIpc) is 2.26. The van der Waals surface area contributed by atoms with Crippen molar-refractivity contribution in [1.29, 1.82) is 0 Å². The van der Waals surface area contributed by atoms with Crippen LogP contribution in [0, 0.1) is 11.8 Å². The summed E-state index contributed by atoms with van der Waals surface area (Å²) in [4.78, 5) is 21.5. The van der Waals surface area contributed by atoms with E-state index >= 15 is 0 Å². The molecule has 0 spiro atoms. The fourth-order valence-electron chi connectivity index (χ4n) is 1.73. The van der Waals surface area contributed by atoms with E-state index in [4.69, 9.17) is 10.2 Å². The molecular formula is C8H12O5. The zero-order chi connectivity index (χ0) is 10.0. The minimum Gasteiger partial charge on any atom is -0.481 e. The maximum absolute atomic E-state index is 11.1. The molecule has 74 valence electrons. The monoisotopic (exact) mass is 188 g/mol. The van der Waals surface area contributed by atoms with E-state index in [0.717, 1.165) is 0 Å². The Kier molecular flexibility index (Phi) is 3.00. The molecule has 3 atom stereocenters. The maximum Gasteiger partial charge on any atom is 0.303 e. The van der Waals surface area contributed by atoms with Crippen LogP contribution in [-0.4, -0.2) is 39.8 Å². The Bertz CT molecular complexity index is 225. The van der Waals surface area contributed by atoms with Crippen LogP contribution in [0.5, 0.6) is 0 Å². The molecule has 13 heavy (non-hydrogen) atoms. The first-order valence-electron chi connectivity index (χ1n) is 4.09. The van der Waals surface area contributed by atoms with Crippen molar-refractivity contribution in [2.24, 2.45) is 11.8 Å². The fraction of sp³-hybridized carbons (Fsp3) is 0.750. The van der Waals surface area contributed by atoms with E-state index in [9.17, 15) is 14.7 Å². The Morgan fingerprint density at radius 3 is 2.62 bits per heavy atom. The van der Waals surface area contributed by atoms with Crippen molar-refractivity contribution in [1.82, 2.24) is 0 Å². The number of rotatable bonds is 3. The lowest BCUT2D eigenvalue weighted by molar-refractivity contribution is -0.139. The lowest BCUT2D eigenvalue weighted by Crippen LogP contribution is -2.25. The number of aliphatic hydroxyl groups excluding tert-OH is 2.